The van der Waals surface area contributed by atoms with E-state index in [2.05, 4.69) is 11.6 Å². The summed E-state index contributed by atoms with van der Waals surface area (Å²) in [4.78, 5) is 4.07. The van der Waals surface area contributed by atoms with Crippen LogP contribution in [0, 0.1) is 0 Å². The third kappa shape index (κ3) is 2.99. The van der Waals surface area contributed by atoms with Crippen molar-refractivity contribution >= 4 is 5.57 Å². The van der Waals surface area contributed by atoms with Crippen molar-refractivity contribution in [2.75, 3.05) is 6.61 Å². The Hall–Kier alpha value is -1.48. The van der Waals surface area contributed by atoms with E-state index in [1.54, 1.807) is 19.2 Å². The first-order chi connectivity index (χ1) is 7.19. The van der Waals surface area contributed by atoms with E-state index in [1.807, 2.05) is 6.07 Å². The standard InChI is InChI=1S/C12H14FNO/c1-3-11(13)9(2)12-5-4-10(6-7-15)8-14-12/h3-5,8,15H,2,6-7H2,1H3/b11-3+. The second kappa shape index (κ2) is 5.41. The van der Waals surface area contributed by atoms with Gasteiger partial charge in [0.15, 0.2) is 0 Å². The van der Waals surface area contributed by atoms with Crippen LogP contribution in [-0.2, 0) is 6.42 Å². The van der Waals surface area contributed by atoms with Crippen molar-refractivity contribution in [2.45, 2.75) is 13.3 Å². The molecule has 15 heavy (non-hydrogen) atoms. The fourth-order valence-corrected chi connectivity index (χ4v) is 1.18. The van der Waals surface area contributed by atoms with Crippen LogP contribution in [0.5, 0.6) is 0 Å². The monoisotopic (exact) mass is 207 g/mol. The molecule has 0 saturated carbocycles. The minimum atomic E-state index is -0.364. The number of aliphatic hydroxyl groups is 1. The van der Waals surface area contributed by atoms with Crippen LogP contribution in [0.3, 0.4) is 0 Å². The van der Waals surface area contributed by atoms with E-state index in [9.17, 15) is 4.39 Å². The van der Waals surface area contributed by atoms with Gasteiger partial charge < -0.3 is 5.11 Å². The van der Waals surface area contributed by atoms with Gasteiger partial charge in [0.25, 0.3) is 0 Å². The molecule has 80 valence electrons. The number of aromatic nitrogens is 1. The topological polar surface area (TPSA) is 33.1 Å². The highest BCUT2D eigenvalue weighted by Crippen LogP contribution is 2.20. The Morgan fingerprint density at radius 3 is 2.80 bits per heavy atom. The SMILES string of the molecule is C=C(/C(F)=C\C)c1ccc(CCO)cn1. The molecule has 0 aliphatic rings. The van der Waals surface area contributed by atoms with Gasteiger partial charge in [0.1, 0.15) is 5.83 Å². The zero-order valence-corrected chi connectivity index (χ0v) is 8.70. The van der Waals surface area contributed by atoms with E-state index >= 15 is 0 Å². The second-order valence-corrected chi connectivity index (χ2v) is 3.14. The summed E-state index contributed by atoms with van der Waals surface area (Å²) in [7, 11) is 0. The van der Waals surface area contributed by atoms with Crippen molar-refractivity contribution in [3.63, 3.8) is 0 Å². The van der Waals surface area contributed by atoms with E-state index in [1.165, 1.54) is 6.08 Å². The van der Waals surface area contributed by atoms with E-state index in [4.69, 9.17) is 5.11 Å². The summed E-state index contributed by atoms with van der Waals surface area (Å²) in [6, 6.07) is 3.52. The number of aliphatic hydroxyl groups excluding tert-OH is 1. The lowest BCUT2D eigenvalue weighted by molar-refractivity contribution is 0.299. The Morgan fingerprint density at radius 1 is 1.60 bits per heavy atom. The van der Waals surface area contributed by atoms with Gasteiger partial charge in [-0.05, 0) is 25.0 Å². The predicted molar refractivity (Wildman–Crippen MR) is 58.9 cm³/mol. The molecule has 0 atom stereocenters. The highest BCUT2D eigenvalue weighted by Gasteiger charge is 2.04. The fraction of sp³-hybridized carbons (Fsp3) is 0.250. The number of halogens is 1. The van der Waals surface area contributed by atoms with E-state index in [0.717, 1.165) is 5.56 Å². The molecule has 1 rings (SSSR count). The Bertz CT molecular complexity index is 368. The van der Waals surface area contributed by atoms with Crippen LogP contribution >= 0.6 is 0 Å². The lowest BCUT2D eigenvalue weighted by atomic mass is 10.1. The molecule has 0 aliphatic heterocycles. The smallest absolute Gasteiger partial charge is 0.127 e. The van der Waals surface area contributed by atoms with Crippen LogP contribution in [0.15, 0.2) is 36.8 Å². The molecule has 1 aromatic heterocycles. The summed E-state index contributed by atoms with van der Waals surface area (Å²) in [6.45, 7) is 5.32. The molecule has 3 heteroatoms. The second-order valence-electron chi connectivity index (χ2n) is 3.14. The Kier molecular flexibility index (Phi) is 4.18. The van der Waals surface area contributed by atoms with Gasteiger partial charge in [-0.1, -0.05) is 18.7 Å². The first kappa shape index (κ1) is 11.6. The van der Waals surface area contributed by atoms with Crippen molar-refractivity contribution in [2.24, 2.45) is 0 Å². The maximum absolute atomic E-state index is 13.1. The number of rotatable bonds is 4. The maximum atomic E-state index is 13.1. The van der Waals surface area contributed by atoms with Gasteiger partial charge in [-0.15, -0.1) is 0 Å². The van der Waals surface area contributed by atoms with Gasteiger partial charge in [0.2, 0.25) is 0 Å². The lowest BCUT2D eigenvalue weighted by Crippen LogP contribution is -1.94. The number of hydrogen-bond acceptors (Lipinski definition) is 2. The molecule has 0 amide bonds. The number of hydrogen-bond donors (Lipinski definition) is 1. The molecule has 0 fully saturated rings. The van der Waals surface area contributed by atoms with Crippen LogP contribution in [0.4, 0.5) is 4.39 Å². The molecule has 0 bridgehead atoms. The summed E-state index contributed by atoms with van der Waals surface area (Å²) in [5.41, 5.74) is 1.73. The molecule has 1 N–H and O–H groups in total. The fourth-order valence-electron chi connectivity index (χ4n) is 1.18. The molecular formula is C12H14FNO. The molecule has 2 nitrogen and oxygen atoms in total. The van der Waals surface area contributed by atoms with Crippen LogP contribution < -0.4 is 0 Å². The van der Waals surface area contributed by atoms with Crippen molar-refractivity contribution in [3.05, 3.63) is 48.1 Å². The first-order valence-corrected chi connectivity index (χ1v) is 4.76. The highest BCUT2D eigenvalue weighted by molar-refractivity contribution is 5.72. The minimum Gasteiger partial charge on any atom is -0.396 e. The molecule has 0 saturated heterocycles. The number of allylic oxidation sites excluding steroid dienone is 3. The normalized spacial score (nSPS) is 11.5. The minimum absolute atomic E-state index is 0.0885. The molecule has 1 aromatic rings. The summed E-state index contributed by atoms with van der Waals surface area (Å²) in [5.74, 6) is -0.364. The zero-order chi connectivity index (χ0) is 11.3. The lowest BCUT2D eigenvalue weighted by Gasteiger charge is -2.03. The summed E-state index contributed by atoms with van der Waals surface area (Å²) < 4.78 is 13.1. The molecule has 1 heterocycles. The number of pyridine rings is 1. The maximum Gasteiger partial charge on any atom is 0.127 e. The zero-order valence-electron chi connectivity index (χ0n) is 8.70. The summed E-state index contributed by atoms with van der Waals surface area (Å²) >= 11 is 0. The van der Waals surface area contributed by atoms with Gasteiger partial charge in [-0.3, -0.25) is 4.98 Å². The Morgan fingerprint density at radius 2 is 2.33 bits per heavy atom. The van der Waals surface area contributed by atoms with E-state index < -0.39 is 0 Å². The van der Waals surface area contributed by atoms with E-state index in [0.29, 0.717) is 12.1 Å². The third-order valence-electron chi connectivity index (χ3n) is 2.08. The molecule has 0 aliphatic carbocycles. The molecule has 0 radical (unpaired) electrons. The first-order valence-electron chi connectivity index (χ1n) is 4.76. The van der Waals surface area contributed by atoms with Crippen molar-refractivity contribution in [3.8, 4) is 0 Å². The van der Waals surface area contributed by atoms with Crippen LogP contribution in [0.1, 0.15) is 18.2 Å². The van der Waals surface area contributed by atoms with Crippen molar-refractivity contribution < 1.29 is 9.50 Å². The Labute approximate surface area is 88.8 Å². The molecule has 0 unspecified atom stereocenters. The largest absolute Gasteiger partial charge is 0.396 e. The van der Waals surface area contributed by atoms with Gasteiger partial charge >= 0.3 is 0 Å². The van der Waals surface area contributed by atoms with Crippen LogP contribution in [-0.4, -0.2) is 16.7 Å². The average molecular weight is 207 g/mol. The summed E-state index contributed by atoms with van der Waals surface area (Å²) in [5, 5.41) is 8.71. The molecule has 0 spiro atoms. The van der Waals surface area contributed by atoms with Crippen LogP contribution in [0.25, 0.3) is 5.57 Å². The predicted octanol–water partition coefficient (Wildman–Crippen LogP) is 2.50. The highest BCUT2D eigenvalue weighted by atomic mass is 19.1. The number of nitrogens with zero attached hydrogens (tertiary/aromatic N) is 1. The third-order valence-corrected chi connectivity index (χ3v) is 2.08. The molecular weight excluding hydrogens is 193 g/mol. The quantitative estimate of drug-likeness (QED) is 0.769. The average Bonchev–Trinajstić information content (AvgIpc) is 2.28. The van der Waals surface area contributed by atoms with Crippen molar-refractivity contribution in [1.82, 2.24) is 4.98 Å². The Balaban J connectivity index is 2.84. The van der Waals surface area contributed by atoms with Gasteiger partial charge in [0.05, 0.1) is 5.69 Å². The van der Waals surface area contributed by atoms with Gasteiger partial charge in [0, 0.05) is 18.4 Å². The summed E-state index contributed by atoms with van der Waals surface area (Å²) in [6.07, 6.45) is 3.54. The molecule has 0 aromatic carbocycles. The van der Waals surface area contributed by atoms with Gasteiger partial charge in [-0.2, -0.15) is 0 Å². The van der Waals surface area contributed by atoms with Gasteiger partial charge in [-0.25, -0.2) is 4.39 Å². The van der Waals surface area contributed by atoms with Crippen LogP contribution in [0.2, 0.25) is 0 Å². The van der Waals surface area contributed by atoms with Crippen molar-refractivity contribution in [1.29, 1.82) is 0 Å². The van der Waals surface area contributed by atoms with E-state index in [-0.39, 0.29) is 18.0 Å².